The van der Waals surface area contributed by atoms with Crippen molar-refractivity contribution in [1.82, 2.24) is 0 Å². The molecule has 0 saturated heterocycles. The third kappa shape index (κ3) is 3.20. The molecule has 0 bridgehead atoms. The van der Waals surface area contributed by atoms with Crippen molar-refractivity contribution in [3.05, 3.63) is 29.6 Å². The van der Waals surface area contributed by atoms with E-state index in [9.17, 15) is 9.18 Å². The van der Waals surface area contributed by atoms with Crippen molar-refractivity contribution in [2.75, 3.05) is 6.54 Å². The number of aryl methyl sites for hydroxylation is 1. The SMILES string of the molecule is Cc1cc(OC(CCN)C(=O)O)ccc1F. The Hall–Kier alpha value is -1.62. The molecule has 1 atom stereocenters. The van der Waals surface area contributed by atoms with Gasteiger partial charge in [-0.1, -0.05) is 0 Å². The van der Waals surface area contributed by atoms with Crippen molar-refractivity contribution in [2.45, 2.75) is 19.4 Å². The van der Waals surface area contributed by atoms with Gasteiger partial charge in [0.2, 0.25) is 0 Å². The molecule has 1 unspecified atom stereocenters. The number of rotatable bonds is 5. The van der Waals surface area contributed by atoms with Crippen molar-refractivity contribution in [3.63, 3.8) is 0 Å². The monoisotopic (exact) mass is 227 g/mol. The van der Waals surface area contributed by atoms with Crippen LogP contribution in [0.2, 0.25) is 0 Å². The summed E-state index contributed by atoms with van der Waals surface area (Å²) in [5, 5.41) is 8.83. The van der Waals surface area contributed by atoms with Gasteiger partial charge in [0.15, 0.2) is 6.10 Å². The Morgan fingerprint density at radius 2 is 2.31 bits per heavy atom. The molecule has 0 aliphatic heterocycles. The topological polar surface area (TPSA) is 72.5 Å². The first-order valence-electron chi connectivity index (χ1n) is 4.90. The number of carbonyl (C=O) groups is 1. The molecule has 1 aromatic rings. The zero-order chi connectivity index (χ0) is 12.1. The van der Waals surface area contributed by atoms with Crippen LogP contribution in [0, 0.1) is 12.7 Å². The van der Waals surface area contributed by atoms with E-state index in [1.165, 1.54) is 18.2 Å². The lowest BCUT2D eigenvalue weighted by Crippen LogP contribution is -2.29. The summed E-state index contributed by atoms with van der Waals surface area (Å²) < 4.78 is 18.2. The molecule has 0 aliphatic carbocycles. The fourth-order valence-electron chi connectivity index (χ4n) is 1.24. The third-order valence-electron chi connectivity index (χ3n) is 2.11. The van der Waals surface area contributed by atoms with Crippen LogP contribution in [0.3, 0.4) is 0 Å². The Balaban J connectivity index is 2.77. The van der Waals surface area contributed by atoms with Crippen molar-refractivity contribution in [3.8, 4) is 5.75 Å². The Labute approximate surface area is 92.8 Å². The van der Waals surface area contributed by atoms with Crippen LogP contribution in [0.1, 0.15) is 12.0 Å². The first-order chi connectivity index (χ1) is 7.54. The summed E-state index contributed by atoms with van der Waals surface area (Å²) in [6.45, 7) is 1.80. The van der Waals surface area contributed by atoms with E-state index in [-0.39, 0.29) is 18.8 Å². The van der Waals surface area contributed by atoms with E-state index in [1.807, 2.05) is 0 Å². The van der Waals surface area contributed by atoms with Crippen molar-refractivity contribution < 1.29 is 19.0 Å². The maximum atomic E-state index is 13.0. The molecule has 0 aromatic heterocycles. The summed E-state index contributed by atoms with van der Waals surface area (Å²) in [5.41, 5.74) is 5.68. The lowest BCUT2D eigenvalue weighted by atomic mass is 10.2. The van der Waals surface area contributed by atoms with E-state index >= 15 is 0 Å². The molecule has 0 aliphatic rings. The van der Waals surface area contributed by atoms with E-state index < -0.39 is 12.1 Å². The fraction of sp³-hybridized carbons (Fsp3) is 0.364. The predicted octanol–water partition coefficient (Wildman–Crippen LogP) is 1.31. The molecule has 0 amide bonds. The minimum absolute atomic E-state index is 0.214. The Morgan fingerprint density at radius 1 is 1.62 bits per heavy atom. The zero-order valence-corrected chi connectivity index (χ0v) is 8.94. The Bertz CT molecular complexity index is 381. The van der Waals surface area contributed by atoms with Gasteiger partial charge in [-0.05, 0) is 37.2 Å². The number of benzene rings is 1. The van der Waals surface area contributed by atoms with Gasteiger partial charge in [0, 0.05) is 6.42 Å². The second-order valence-electron chi connectivity index (χ2n) is 3.43. The summed E-state index contributed by atoms with van der Waals surface area (Å²) in [6.07, 6.45) is -0.777. The molecule has 0 fully saturated rings. The van der Waals surface area contributed by atoms with Crippen LogP contribution < -0.4 is 10.5 Å². The quantitative estimate of drug-likeness (QED) is 0.795. The van der Waals surface area contributed by atoms with Gasteiger partial charge in [-0.3, -0.25) is 0 Å². The summed E-state index contributed by atoms with van der Waals surface area (Å²) in [4.78, 5) is 10.8. The van der Waals surface area contributed by atoms with E-state index in [1.54, 1.807) is 6.92 Å². The van der Waals surface area contributed by atoms with E-state index in [0.717, 1.165) is 0 Å². The van der Waals surface area contributed by atoms with Gasteiger partial charge in [-0.15, -0.1) is 0 Å². The molecule has 0 saturated carbocycles. The second-order valence-corrected chi connectivity index (χ2v) is 3.43. The number of aliphatic carboxylic acids is 1. The van der Waals surface area contributed by atoms with Gasteiger partial charge in [0.25, 0.3) is 0 Å². The molecule has 3 N–H and O–H groups in total. The predicted molar refractivity (Wildman–Crippen MR) is 56.9 cm³/mol. The standard InChI is InChI=1S/C11H14FNO3/c1-7-6-8(2-3-9(7)12)16-10(4-5-13)11(14)15/h2-3,6,10H,4-5,13H2,1H3,(H,14,15). The average Bonchev–Trinajstić information content (AvgIpc) is 2.22. The molecule has 1 aromatic carbocycles. The summed E-state index contributed by atoms with van der Waals surface area (Å²) in [5.74, 6) is -1.09. The maximum absolute atomic E-state index is 13.0. The average molecular weight is 227 g/mol. The Morgan fingerprint density at radius 3 is 2.81 bits per heavy atom. The van der Waals surface area contributed by atoms with Crippen LogP contribution in [0.5, 0.6) is 5.75 Å². The number of nitrogens with two attached hydrogens (primary N) is 1. The highest BCUT2D eigenvalue weighted by Crippen LogP contribution is 2.18. The molecule has 88 valence electrons. The summed E-state index contributed by atoms with van der Waals surface area (Å²) >= 11 is 0. The van der Waals surface area contributed by atoms with Crippen molar-refractivity contribution in [2.24, 2.45) is 5.73 Å². The van der Waals surface area contributed by atoms with Crippen LogP contribution in [0.25, 0.3) is 0 Å². The maximum Gasteiger partial charge on any atom is 0.344 e. The molecule has 0 radical (unpaired) electrons. The summed E-state index contributed by atoms with van der Waals surface area (Å²) in [7, 11) is 0. The highest BCUT2D eigenvalue weighted by Gasteiger charge is 2.18. The van der Waals surface area contributed by atoms with Crippen LogP contribution >= 0.6 is 0 Å². The molecular weight excluding hydrogens is 213 g/mol. The van der Waals surface area contributed by atoms with Crippen molar-refractivity contribution in [1.29, 1.82) is 0 Å². The minimum Gasteiger partial charge on any atom is -0.479 e. The van der Waals surface area contributed by atoms with Gasteiger partial charge >= 0.3 is 5.97 Å². The number of ether oxygens (including phenoxy) is 1. The first kappa shape index (κ1) is 12.4. The second kappa shape index (κ2) is 5.46. The molecule has 4 nitrogen and oxygen atoms in total. The number of halogens is 1. The van der Waals surface area contributed by atoms with Gasteiger partial charge in [-0.25, -0.2) is 9.18 Å². The first-order valence-corrected chi connectivity index (χ1v) is 4.90. The normalized spacial score (nSPS) is 12.2. The van der Waals surface area contributed by atoms with Crippen LogP contribution in [-0.4, -0.2) is 23.7 Å². The van der Waals surface area contributed by atoms with Gasteiger partial charge in [0.05, 0.1) is 0 Å². The van der Waals surface area contributed by atoms with Crippen LogP contribution in [-0.2, 0) is 4.79 Å². The number of hydrogen-bond acceptors (Lipinski definition) is 3. The van der Waals surface area contributed by atoms with E-state index in [4.69, 9.17) is 15.6 Å². The molecular formula is C11H14FNO3. The third-order valence-corrected chi connectivity index (χ3v) is 2.11. The molecule has 16 heavy (non-hydrogen) atoms. The molecule has 0 heterocycles. The molecule has 5 heteroatoms. The fourth-order valence-corrected chi connectivity index (χ4v) is 1.24. The molecule has 1 rings (SSSR count). The lowest BCUT2D eigenvalue weighted by molar-refractivity contribution is -0.145. The minimum atomic E-state index is -1.08. The van der Waals surface area contributed by atoms with Crippen LogP contribution in [0.4, 0.5) is 4.39 Å². The smallest absolute Gasteiger partial charge is 0.344 e. The van der Waals surface area contributed by atoms with Gasteiger partial charge in [0.1, 0.15) is 11.6 Å². The highest BCUT2D eigenvalue weighted by atomic mass is 19.1. The zero-order valence-electron chi connectivity index (χ0n) is 8.94. The summed E-state index contributed by atoms with van der Waals surface area (Å²) in [6, 6.07) is 4.10. The van der Waals surface area contributed by atoms with Crippen LogP contribution in [0.15, 0.2) is 18.2 Å². The molecule has 0 spiro atoms. The Kier molecular flexibility index (Phi) is 4.25. The van der Waals surface area contributed by atoms with Gasteiger partial charge in [-0.2, -0.15) is 0 Å². The highest BCUT2D eigenvalue weighted by molar-refractivity contribution is 5.72. The number of hydrogen-bond donors (Lipinski definition) is 2. The lowest BCUT2D eigenvalue weighted by Gasteiger charge is -2.14. The van der Waals surface area contributed by atoms with Gasteiger partial charge < -0.3 is 15.6 Å². The largest absolute Gasteiger partial charge is 0.479 e. The van der Waals surface area contributed by atoms with Crippen molar-refractivity contribution >= 4 is 5.97 Å². The van der Waals surface area contributed by atoms with E-state index in [0.29, 0.717) is 11.3 Å². The number of carboxylic acid groups (broad SMARTS) is 1. The van der Waals surface area contributed by atoms with E-state index in [2.05, 4.69) is 0 Å². The number of carboxylic acids is 1.